The number of piperazine rings is 1. The number of halogens is 1. The van der Waals surface area contributed by atoms with Gasteiger partial charge < -0.3 is 14.5 Å². The van der Waals surface area contributed by atoms with E-state index in [1.165, 1.54) is 17.1 Å². The van der Waals surface area contributed by atoms with Crippen molar-refractivity contribution < 1.29 is 13.2 Å². The molecule has 0 amide bonds. The van der Waals surface area contributed by atoms with Crippen LogP contribution in [0, 0.1) is 6.92 Å². The van der Waals surface area contributed by atoms with Crippen LogP contribution in [0.5, 0.6) is 5.75 Å². The van der Waals surface area contributed by atoms with E-state index in [4.69, 9.17) is 4.74 Å². The Morgan fingerprint density at radius 2 is 1.58 bits per heavy atom. The summed E-state index contributed by atoms with van der Waals surface area (Å²) in [6.07, 6.45) is 2.38. The first-order valence-corrected chi connectivity index (χ1v) is 12.9. The Morgan fingerprint density at radius 1 is 0.968 bits per heavy atom. The molecule has 168 valence electrons. The monoisotopic (exact) mass is 509 g/mol. The number of sulfonamides is 1. The zero-order valence-electron chi connectivity index (χ0n) is 17.9. The topological polar surface area (TPSA) is 78.9 Å². The molecule has 4 rings (SSSR count). The van der Waals surface area contributed by atoms with Gasteiger partial charge in [-0.05, 0) is 44.9 Å². The summed E-state index contributed by atoms with van der Waals surface area (Å²) in [6.45, 7) is 8.15. The highest BCUT2D eigenvalue weighted by atomic mass is 79.9. The van der Waals surface area contributed by atoms with Crippen molar-refractivity contribution in [2.24, 2.45) is 0 Å². The number of ether oxygens (including phenoxy) is 1. The first-order valence-electron chi connectivity index (χ1n) is 10.7. The zero-order chi connectivity index (χ0) is 22.0. The third-order valence-corrected chi connectivity index (χ3v) is 8.04. The lowest BCUT2D eigenvalue weighted by atomic mass is 10.3. The van der Waals surface area contributed by atoms with E-state index in [2.05, 4.69) is 35.7 Å². The van der Waals surface area contributed by atoms with E-state index in [1.54, 1.807) is 18.2 Å². The number of hydrogen-bond acceptors (Lipinski definition) is 7. The van der Waals surface area contributed by atoms with Crippen LogP contribution in [0.25, 0.3) is 0 Å². The van der Waals surface area contributed by atoms with Crippen LogP contribution in [0.15, 0.2) is 33.6 Å². The summed E-state index contributed by atoms with van der Waals surface area (Å²) in [7, 11) is -3.66. The van der Waals surface area contributed by atoms with Crippen LogP contribution >= 0.6 is 15.9 Å². The van der Waals surface area contributed by atoms with E-state index in [1.807, 2.05) is 19.9 Å². The fraction of sp³-hybridized carbons (Fsp3) is 0.524. The average molecular weight is 510 g/mol. The normalized spacial score (nSPS) is 17.9. The van der Waals surface area contributed by atoms with Crippen molar-refractivity contribution >= 4 is 37.6 Å². The van der Waals surface area contributed by atoms with Gasteiger partial charge in [-0.1, -0.05) is 15.9 Å². The Labute approximate surface area is 192 Å². The molecule has 0 bridgehead atoms. The van der Waals surface area contributed by atoms with Crippen molar-refractivity contribution in [2.45, 2.75) is 31.6 Å². The van der Waals surface area contributed by atoms with Crippen LogP contribution in [0.2, 0.25) is 0 Å². The Hall–Kier alpha value is -1.91. The first-order chi connectivity index (χ1) is 14.9. The summed E-state index contributed by atoms with van der Waals surface area (Å²) in [5.41, 5.74) is 0. The van der Waals surface area contributed by atoms with Gasteiger partial charge >= 0.3 is 0 Å². The highest BCUT2D eigenvalue weighted by molar-refractivity contribution is 9.10. The molecule has 0 aliphatic carbocycles. The predicted molar refractivity (Wildman–Crippen MR) is 124 cm³/mol. The quantitative estimate of drug-likeness (QED) is 0.591. The summed E-state index contributed by atoms with van der Waals surface area (Å²) in [4.78, 5) is 13.9. The van der Waals surface area contributed by atoms with Crippen LogP contribution in [-0.2, 0) is 10.0 Å². The zero-order valence-corrected chi connectivity index (χ0v) is 20.3. The van der Waals surface area contributed by atoms with E-state index in [0.717, 1.165) is 30.5 Å². The lowest BCUT2D eigenvalue weighted by Gasteiger charge is -2.35. The van der Waals surface area contributed by atoms with Gasteiger partial charge in [-0.15, -0.1) is 0 Å². The van der Waals surface area contributed by atoms with E-state index < -0.39 is 10.0 Å². The highest BCUT2D eigenvalue weighted by Gasteiger charge is 2.32. The van der Waals surface area contributed by atoms with Crippen molar-refractivity contribution in [2.75, 3.05) is 55.7 Å². The number of nitrogens with zero attached hydrogens (tertiary/aromatic N) is 5. The Morgan fingerprint density at radius 3 is 2.19 bits per heavy atom. The number of benzene rings is 1. The number of aryl methyl sites for hydroxylation is 1. The summed E-state index contributed by atoms with van der Waals surface area (Å²) >= 11 is 3.38. The van der Waals surface area contributed by atoms with Gasteiger partial charge in [-0.2, -0.15) is 4.31 Å². The molecule has 2 aliphatic rings. The number of rotatable bonds is 6. The number of aromatic nitrogens is 2. The Kier molecular flexibility index (Phi) is 6.68. The molecule has 0 atom stereocenters. The maximum absolute atomic E-state index is 13.3. The molecule has 2 aliphatic heterocycles. The van der Waals surface area contributed by atoms with Gasteiger partial charge in [0.15, 0.2) is 0 Å². The molecule has 1 aromatic carbocycles. The van der Waals surface area contributed by atoms with Crippen LogP contribution in [0.1, 0.15) is 25.6 Å². The molecule has 2 fully saturated rings. The summed E-state index contributed by atoms with van der Waals surface area (Å²) in [6, 6.07) is 7.13. The Bertz CT molecular complexity index is 1040. The van der Waals surface area contributed by atoms with Gasteiger partial charge in [-0.25, -0.2) is 18.4 Å². The average Bonchev–Trinajstić information content (AvgIpc) is 3.30. The third kappa shape index (κ3) is 4.80. The van der Waals surface area contributed by atoms with Crippen LogP contribution in [0.3, 0.4) is 0 Å². The molecular weight excluding hydrogens is 482 g/mol. The van der Waals surface area contributed by atoms with Gasteiger partial charge in [0.05, 0.1) is 6.61 Å². The SMILES string of the molecule is CCOc1ccc(Br)cc1S(=O)(=O)N1CCN(c2cc(N3CCCC3)nc(C)n2)CC1. The second kappa shape index (κ2) is 9.30. The van der Waals surface area contributed by atoms with E-state index in [9.17, 15) is 8.42 Å². The fourth-order valence-electron chi connectivity index (χ4n) is 4.06. The minimum atomic E-state index is -3.66. The third-order valence-electron chi connectivity index (χ3n) is 5.63. The molecule has 1 aromatic heterocycles. The molecule has 10 heteroatoms. The molecular formula is C21H28BrN5O3S. The smallest absolute Gasteiger partial charge is 0.246 e. The summed E-state index contributed by atoms with van der Waals surface area (Å²) in [5.74, 6) is 2.95. The van der Waals surface area contributed by atoms with Gasteiger partial charge in [0.1, 0.15) is 28.1 Å². The maximum Gasteiger partial charge on any atom is 0.246 e. The van der Waals surface area contributed by atoms with Gasteiger partial charge in [0.2, 0.25) is 10.0 Å². The minimum absolute atomic E-state index is 0.200. The van der Waals surface area contributed by atoms with Gasteiger partial charge in [0.25, 0.3) is 0 Å². The Balaban J connectivity index is 1.51. The largest absolute Gasteiger partial charge is 0.492 e. The molecule has 3 heterocycles. The molecule has 31 heavy (non-hydrogen) atoms. The summed E-state index contributed by atoms with van der Waals surface area (Å²) < 4.78 is 34.5. The van der Waals surface area contributed by atoms with Crippen molar-refractivity contribution in [3.05, 3.63) is 34.6 Å². The van der Waals surface area contributed by atoms with Crippen LogP contribution in [-0.4, -0.2) is 68.6 Å². The van der Waals surface area contributed by atoms with Gasteiger partial charge in [0, 0.05) is 49.8 Å². The van der Waals surface area contributed by atoms with Crippen LogP contribution < -0.4 is 14.5 Å². The van der Waals surface area contributed by atoms with Gasteiger partial charge in [-0.3, -0.25) is 0 Å². The predicted octanol–water partition coefficient (Wildman–Crippen LogP) is 3.06. The molecule has 0 spiro atoms. The van der Waals surface area contributed by atoms with Crippen molar-refractivity contribution in [3.63, 3.8) is 0 Å². The number of anilines is 2. The van der Waals surface area contributed by atoms with E-state index >= 15 is 0 Å². The summed E-state index contributed by atoms with van der Waals surface area (Å²) in [5, 5.41) is 0. The minimum Gasteiger partial charge on any atom is -0.492 e. The second-order valence-electron chi connectivity index (χ2n) is 7.74. The first kappa shape index (κ1) is 22.3. The maximum atomic E-state index is 13.3. The molecule has 2 aromatic rings. The molecule has 0 unspecified atom stereocenters. The lowest BCUT2D eigenvalue weighted by molar-refractivity contribution is 0.327. The molecule has 8 nitrogen and oxygen atoms in total. The van der Waals surface area contributed by atoms with E-state index in [-0.39, 0.29) is 4.90 Å². The van der Waals surface area contributed by atoms with Crippen molar-refractivity contribution in [3.8, 4) is 5.75 Å². The molecule has 2 saturated heterocycles. The second-order valence-corrected chi connectivity index (χ2v) is 10.6. The molecule has 0 saturated carbocycles. The molecule has 0 N–H and O–H groups in total. The molecule has 0 radical (unpaired) electrons. The highest BCUT2D eigenvalue weighted by Crippen LogP contribution is 2.31. The fourth-order valence-corrected chi connectivity index (χ4v) is 6.15. The number of hydrogen-bond donors (Lipinski definition) is 0. The van der Waals surface area contributed by atoms with Crippen molar-refractivity contribution in [1.29, 1.82) is 0 Å². The van der Waals surface area contributed by atoms with Crippen LogP contribution in [0.4, 0.5) is 11.6 Å². The lowest BCUT2D eigenvalue weighted by Crippen LogP contribution is -2.49. The standard InChI is InChI=1S/C21H28BrN5O3S/c1-3-30-18-7-6-17(22)14-19(18)31(28,29)27-12-10-26(11-13-27)21-15-20(23-16(2)24-21)25-8-4-5-9-25/h6-7,14-15H,3-5,8-13H2,1-2H3. The van der Waals surface area contributed by atoms with E-state index in [0.29, 0.717) is 43.0 Å². The van der Waals surface area contributed by atoms with Crippen molar-refractivity contribution in [1.82, 2.24) is 14.3 Å².